The van der Waals surface area contributed by atoms with E-state index in [1.165, 1.54) is 0 Å². The highest BCUT2D eigenvalue weighted by molar-refractivity contribution is 5.55. The Bertz CT molecular complexity index is 316. The summed E-state index contributed by atoms with van der Waals surface area (Å²) < 4.78 is 10.6. The van der Waals surface area contributed by atoms with E-state index in [4.69, 9.17) is 9.47 Å². The lowest BCUT2D eigenvalue weighted by Crippen LogP contribution is -1.95. The van der Waals surface area contributed by atoms with Gasteiger partial charge in [0.05, 0.1) is 13.7 Å². The standard InChI is InChI=1S/C12H16O2/c1-4-6-10-7-8-11(14-5-2)12(9-10)13-3/h4,6-9H,5H2,1-3H3/b6-4+. The summed E-state index contributed by atoms with van der Waals surface area (Å²) in [4.78, 5) is 0. The quantitative estimate of drug-likeness (QED) is 0.729. The van der Waals surface area contributed by atoms with Crippen LogP contribution in [-0.2, 0) is 0 Å². The molecule has 1 aromatic rings. The number of allylic oxidation sites excluding steroid dienone is 1. The number of hydrogen-bond donors (Lipinski definition) is 0. The molecule has 0 fully saturated rings. The third-order valence-electron chi connectivity index (χ3n) is 1.85. The average Bonchev–Trinajstić information content (AvgIpc) is 2.21. The van der Waals surface area contributed by atoms with Crippen LogP contribution in [0.4, 0.5) is 0 Å². The zero-order chi connectivity index (χ0) is 10.4. The number of hydrogen-bond acceptors (Lipinski definition) is 2. The summed E-state index contributed by atoms with van der Waals surface area (Å²) in [5, 5.41) is 0. The molecule has 0 unspecified atom stereocenters. The van der Waals surface area contributed by atoms with Crippen LogP contribution in [0.25, 0.3) is 6.08 Å². The van der Waals surface area contributed by atoms with E-state index >= 15 is 0 Å². The number of ether oxygens (including phenoxy) is 2. The van der Waals surface area contributed by atoms with Gasteiger partial charge in [-0.2, -0.15) is 0 Å². The maximum atomic E-state index is 5.41. The Hall–Kier alpha value is -1.44. The summed E-state index contributed by atoms with van der Waals surface area (Å²) >= 11 is 0. The predicted molar refractivity (Wildman–Crippen MR) is 58.9 cm³/mol. The van der Waals surface area contributed by atoms with E-state index in [-0.39, 0.29) is 0 Å². The maximum absolute atomic E-state index is 5.41. The highest BCUT2D eigenvalue weighted by atomic mass is 16.5. The van der Waals surface area contributed by atoms with Crippen LogP contribution in [-0.4, -0.2) is 13.7 Å². The third-order valence-corrected chi connectivity index (χ3v) is 1.85. The molecule has 0 saturated carbocycles. The van der Waals surface area contributed by atoms with Crippen molar-refractivity contribution in [3.05, 3.63) is 29.8 Å². The molecule has 2 nitrogen and oxygen atoms in total. The smallest absolute Gasteiger partial charge is 0.161 e. The molecular formula is C12H16O2. The van der Waals surface area contributed by atoms with E-state index in [2.05, 4.69) is 0 Å². The van der Waals surface area contributed by atoms with Crippen LogP contribution in [0.15, 0.2) is 24.3 Å². The second-order valence-electron chi connectivity index (χ2n) is 2.84. The summed E-state index contributed by atoms with van der Waals surface area (Å²) in [6, 6.07) is 5.90. The van der Waals surface area contributed by atoms with Gasteiger partial charge in [0, 0.05) is 0 Å². The highest BCUT2D eigenvalue weighted by Crippen LogP contribution is 2.28. The molecule has 0 N–H and O–H groups in total. The van der Waals surface area contributed by atoms with Crippen LogP contribution in [0.2, 0.25) is 0 Å². The predicted octanol–water partition coefficient (Wildman–Crippen LogP) is 3.13. The van der Waals surface area contributed by atoms with Crippen molar-refractivity contribution >= 4 is 6.08 Å². The molecule has 0 amide bonds. The second kappa shape index (κ2) is 5.32. The van der Waals surface area contributed by atoms with E-state index in [9.17, 15) is 0 Å². The van der Waals surface area contributed by atoms with Gasteiger partial charge in [0.2, 0.25) is 0 Å². The van der Waals surface area contributed by atoms with Gasteiger partial charge < -0.3 is 9.47 Å². The summed E-state index contributed by atoms with van der Waals surface area (Å²) in [6.07, 6.45) is 4.02. The Labute approximate surface area is 85.2 Å². The highest BCUT2D eigenvalue weighted by Gasteiger charge is 2.02. The Morgan fingerprint density at radius 3 is 2.64 bits per heavy atom. The van der Waals surface area contributed by atoms with E-state index in [0.717, 1.165) is 17.1 Å². The molecule has 0 aliphatic rings. The lowest BCUT2D eigenvalue weighted by molar-refractivity contribution is 0.311. The minimum Gasteiger partial charge on any atom is -0.493 e. The lowest BCUT2D eigenvalue weighted by Gasteiger charge is -2.09. The number of methoxy groups -OCH3 is 1. The number of benzene rings is 1. The van der Waals surface area contributed by atoms with Crippen LogP contribution < -0.4 is 9.47 Å². The molecular weight excluding hydrogens is 176 g/mol. The van der Waals surface area contributed by atoms with Gasteiger partial charge in [0.15, 0.2) is 11.5 Å². The molecule has 0 saturated heterocycles. The maximum Gasteiger partial charge on any atom is 0.161 e. The van der Waals surface area contributed by atoms with Gasteiger partial charge in [-0.15, -0.1) is 0 Å². The van der Waals surface area contributed by atoms with Crippen molar-refractivity contribution in [1.29, 1.82) is 0 Å². The fourth-order valence-electron chi connectivity index (χ4n) is 1.26. The largest absolute Gasteiger partial charge is 0.493 e. The normalized spacial score (nSPS) is 10.5. The Balaban J connectivity index is 2.98. The molecule has 76 valence electrons. The van der Waals surface area contributed by atoms with Crippen molar-refractivity contribution in [1.82, 2.24) is 0 Å². The Morgan fingerprint density at radius 1 is 1.29 bits per heavy atom. The van der Waals surface area contributed by atoms with Crippen molar-refractivity contribution < 1.29 is 9.47 Å². The van der Waals surface area contributed by atoms with E-state index in [1.807, 2.05) is 44.2 Å². The average molecular weight is 192 g/mol. The molecule has 1 aromatic carbocycles. The summed E-state index contributed by atoms with van der Waals surface area (Å²) in [6.45, 7) is 4.60. The van der Waals surface area contributed by atoms with Crippen molar-refractivity contribution in [2.75, 3.05) is 13.7 Å². The van der Waals surface area contributed by atoms with Crippen molar-refractivity contribution in [3.63, 3.8) is 0 Å². The van der Waals surface area contributed by atoms with Crippen LogP contribution in [0.5, 0.6) is 11.5 Å². The molecule has 1 rings (SSSR count). The van der Waals surface area contributed by atoms with Crippen LogP contribution >= 0.6 is 0 Å². The third kappa shape index (κ3) is 2.52. The first kappa shape index (κ1) is 10.6. The molecule has 0 bridgehead atoms. The van der Waals surface area contributed by atoms with Crippen molar-refractivity contribution in [2.45, 2.75) is 13.8 Å². The van der Waals surface area contributed by atoms with Gasteiger partial charge in [-0.25, -0.2) is 0 Å². The fourth-order valence-corrected chi connectivity index (χ4v) is 1.26. The lowest BCUT2D eigenvalue weighted by atomic mass is 10.2. The first-order valence-electron chi connectivity index (χ1n) is 4.75. The van der Waals surface area contributed by atoms with E-state index < -0.39 is 0 Å². The molecule has 0 heterocycles. The molecule has 0 aliphatic carbocycles. The van der Waals surface area contributed by atoms with Crippen LogP contribution in [0.1, 0.15) is 19.4 Å². The van der Waals surface area contributed by atoms with E-state index in [1.54, 1.807) is 7.11 Å². The fraction of sp³-hybridized carbons (Fsp3) is 0.333. The summed E-state index contributed by atoms with van der Waals surface area (Å²) in [7, 11) is 1.65. The van der Waals surface area contributed by atoms with Gasteiger partial charge >= 0.3 is 0 Å². The topological polar surface area (TPSA) is 18.5 Å². The first-order valence-corrected chi connectivity index (χ1v) is 4.75. The molecule has 0 radical (unpaired) electrons. The Kier molecular flexibility index (Phi) is 4.05. The molecule has 0 spiro atoms. The van der Waals surface area contributed by atoms with E-state index in [0.29, 0.717) is 6.61 Å². The minimum atomic E-state index is 0.652. The zero-order valence-electron chi connectivity index (χ0n) is 8.91. The van der Waals surface area contributed by atoms with Gasteiger partial charge in [0.25, 0.3) is 0 Å². The van der Waals surface area contributed by atoms with Crippen LogP contribution in [0, 0.1) is 0 Å². The molecule has 0 aliphatic heterocycles. The van der Waals surface area contributed by atoms with Gasteiger partial charge in [-0.1, -0.05) is 18.2 Å². The SMILES string of the molecule is C/C=C/c1ccc(OCC)c(OC)c1. The van der Waals surface area contributed by atoms with Crippen molar-refractivity contribution in [3.8, 4) is 11.5 Å². The summed E-state index contributed by atoms with van der Waals surface area (Å²) in [5.74, 6) is 1.57. The molecule has 2 heteroatoms. The zero-order valence-corrected chi connectivity index (χ0v) is 8.91. The molecule has 0 aromatic heterocycles. The molecule has 0 atom stereocenters. The van der Waals surface area contributed by atoms with Gasteiger partial charge in [-0.05, 0) is 31.5 Å². The summed E-state index contributed by atoms with van der Waals surface area (Å²) in [5.41, 5.74) is 1.12. The number of rotatable bonds is 4. The minimum absolute atomic E-state index is 0.652. The second-order valence-corrected chi connectivity index (χ2v) is 2.84. The molecule has 14 heavy (non-hydrogen) atoms. The first-order chi connectivity index (χ1) is 6.81. The van der Waals surface area contributed by atoms with Gasteiger partial charge in [-0.3, -0.25) is 0 Å². The van der Waals surface area contributed by atoms with Crippen LogP contribution in [0.3, 0.4) is 0 Å². The van der Waals surface area contributed by atoms with Gasteiger partial charge in [0.1, 0.15) is 0 Å². The Morgan fingerprint density at radius 2 is 2.07 bits per heavy atom. The van der Waals surface area contributed by atoms with Crippen molar-refractivity contribution in [2.24, 2.45) is 0 Å². The monoisotopic (exact) mass is 192 g/mol.